The minimum Gasteiger partial charge on any atom is -0.356 e. The first-order chi connectivity index (χ1) is 11.2. The Hall–Kier alpha value is -1.65. The summed E-state index contributed by atoms with van der Waals surface area (Å²) in [5, 5.41) is 2.97. The Bertz CT molecular complexity index is 482. The number of imide groups is 1. The molecule has 1 aliphatic heterocycles. The molecule has 3 rings (SSSR count). The molecule has 0 bridgehead atoms. The van der Waals surface area contributed by atoms with Gasteiger partial charge in [-0.25, -0.2) is 0 Å². The molecule has 23 heavy (non-hydrogen) atoms. The second kappa shape index (κ2) is 7.28. The second-order valence-electron chi connectivity index (χ2n) is 7.04. The van der Waals surface area contributed by atoms with Crippen LogP contribution in [-0.4, -0.2) is 35.7 Å². The zero-order valence-corrected chi connectivity index (χ0v) is 13.6. The van der Waals surface area contributed by atoms with Crippen molar-refractivity contribution in [2.24, 2.45) is 17.8 Å². The fraction of sp³-hybridized carbons (Fsp3) is 0.722. The van der Waals surface area contributed by atoms with Gasteiger partial charge in [0.05, 0.1) is 11.8 Å². The van der Waals surface area contributed by atoms with Crippen LogP contribution in [0.4, 0.5) is 0 Å². The van der Waals surface area contributed by atoms with Crippen LogP contribution < -0.4 is 5.32 Å². The lowest BCUT2D eigenvalue weighted by atomic mass is 9.85. The quantitative estimate of drug-likeness (QED) is 0.623. The second-order valence-corrected chi connectivity index (χ2v) is 7.04. The smallest absolute Gasteiger partial charge is 0.233 e. The third kappa shape index (κ3) is 3.65. The molecule has 1 saturated heterocycles. The van der Waals surface area contributed by atoms with E-state index in [1.165, 1.54) is 37.0 Å². The van der Waals surface area contributed by atoms with Crippen LogP contribution in [0.25, 0.3) is 0 Å². The van der Waals surface area contributed by atoms with Gasteiger partial charge in [-0.3, -0.25) is 19.3 Å². The van der Waals surface area contributed by atoms with E-state index >= 15 is 0 Å². The molecular weight excluding hydrogens is 292 g/mol. The van der Waals surface area contributed by atoms with Crippen LogP contribution in [0.5, 0.6) is 0 Å². The van der Waals surface area contributed by atoms with Gasteiger partial charge in [-0.05, 0) is 31.6 Å². The van der Waals surface area contributed by atoms with Crippen molar-refractivity contribution in [2.45, 2.75) is 51.4 Å². The molecular formula is C18H26N2O3. The number of fused-ring (bicyclic) bond motifs is 1. The number of nitrogens with zero attached hydrogens (tertiary/aromatic N) is 1. The van der Waals surface area contributed by atoms with Crippen LogP contribution in [0.2, 0.25) is 0 Å². The van der Waals surface area contributed by atoms with Crippen molar-refractivity contribution in [3.8, 4) is 0 Å². The Labute approximate surface area is 137 Å². The number of carbonyl (C=O) groups excluding carboxylic acids is 3. The van der Waals surface area contributed by atoms with Gasteiger partial charge in [-0.2, -0.15) is 0 Å². The summed E-state index contributed by atoms with van der Waals surface area (Å²) in [5.74, 6) is -0.0367. The highest BCUT2D eigenvalue weighted by atomic mass is 16.2. The van der Waals surface area contributed by atoms with Crippen LogP contribution in [0, 0.1) is 17.8 Å². The molecule has 1 saturated carbocycles. The zero-order valence-electron chi connectivity index (χ0n) is 13.6. The third-order valence-corrected chi connectivity index (χ3v) is 5.47. The Morgan fingerprint density at radius 1 is 1.04 bits per heavy atom. The van der Waals surface area contributed by atoms with Crippen LogP contribution in [0.3, 0.4) is 0 Å². The maximum atomic E-state index is 12.3. The van der Waals surface area contributed by atoms with Gasteiger partial charge in [-0.1, -0.05) is 31.4 Å². The van der Waals surface area contributed by atoms with Crippen LogP contribution in [-0.2, 0) is 14.4 Å². The number of likely N-dealkylation sites (tertiary alicyclic amines) is 1. The summed E-state index contributed by atoms with van der Waals surface area (Å²) in [5.41, 5.74) is 0. The van der Waals surface area contributed by atoms with Crippen molar-refractivity contribution in [1.82, 2.24) is 10.2 Å². The van der Waals surface area contributed by atoms with Crippen molar-refractivity contribution in [3.05, 3.63) is 12.2 Å². The fourth-order valence-corrected chi connectivity index (χ4v) is 4.04. The van der Waals surface area contributed by atoms with Crippen molar-refractivity contribution in [1.29, 1.82) is 0 Å². The molecule has 1 N–H and O–H groups in total. The molecule has 0 radical (unpaired) electrons. The first kappa shape index (κ1) is 16.2. The maximum Gasteiger partial charge on any atom is 0.233 e. The molecule has 0 spiro atoms. The zero-order chi connectivity index (χ0) is 16.2. The minimum atomic E-state index is -0.196. The largest absolute Gasteiger partial charge is 0.356 e. The van der Waals surface area contributed by atoms with Crippen LogP contribution in [0.1, 0.15) is 51.4 Å². The number of rotatable bonds is 5. The lowest BCUT2D eigenvalue weighted by molar-refractivity contribution is -0.140. The number of hydrogen-bond acceptors (Lipinski definition) is 3. The summed E-state index contributed by atoms with van der Waals surface area (Å²) >= 11 is 0. The average Bonchev–Trinajstić information content (AvgIpc) is 2.83. The standard InChI is InChI=1S/C18H26N2O3/c21-16(19-12-13-6-2-1-3-7-13)10-11-20-17(22)14-8-4-5-9-15(14)18(20)23/h4-5,13-15H,1-3,6-12H2,(H,19,21). The minimum absolute atomic E-state index is 0.0517. The Morgan fingerprint density at radius 2 is 1.65 bits per heavy atom. The molecule has 0 aromatic rings. The van der Waals surface area contributed by atoms with Gasteiger partial charge in [0, 0.05) is 19.5 Å². The fourth-order valence-electron chi connectivity index (χ4n) is 4.04. The molecule has 126 valence electrons. The van der Waals surface area contributed by atoms with Crippen LogP contribution >= 0.6 is 0 Å². The molecule has 1 heterocycles. The molecule has 2 aliphatic carbocycles. The van der Waals surface area contributed by atoms with Gasteiger partial charge in [0.15, 0.2) is 0 Å². The molecule has 5 nitrogen and oxygen atoms in total. The molecule has 0 aromatic heterocycles. The lowest BCUT2D eigenvalue weighted by Crippen LogP contribution is -2.36. The summed E-state index contributed by atoms with van der Waals surface area (Å²) in [6.45, 7) is 0.955. The molecule has 0 aromatic carbocycles. The predicted molar refractivity (Wildman–Crippen MR) is 86.3 cm³/mol. The molecule has 2 fully saturated rings. The van der Waals surface area contributed by atoms with Crippen molar-refractivity contribution >= 4 is 17.7 Å². The SMILES string of the molecule is O=C(CCN1C(=O)C2CC=CCC2C1=O)NCC1CCCCC1. The first-order valence-electron chi connectivity index (χ1n) is 8.93. The number of amides is 3. The van der Waals surface area contributed by atoms with Gasteiger partial charge >= 0.3 is 0 Å². The first-order valence-corrected chi connectivity index (χ1v) is 8.93. The monoisotopic (exact) mass is 318 g/mol. The molecule has 2 unspecified atom stereocenters. The predicted octanol–water partition coefficient (Wildman–Crippen LogP) is 2.02. The Morgan fingerprint density at radius 3 is 2.26 bits per heavy atom. The van der Waals surface area contributed by atoms with Crippen molar-refractivity contribution in [3.63, 3.8) is 0 Å². The summed E-state index contributed by atoms with van der Waals surface area (Å²) in [7, 11) is 0. The van der Waals surface area contributed by atoms with E-state index in [1.54, 1.807) is 0 Å². The summed E-state index contributed by atoms with van der Waals surface area (Å²) in [4.78, 5) is 37.9. The highest BCUT2D eigenvalue weighted by molar-refractivity contribution is 6.05. The normalized spacial score (nSPS) is 28.1. The Balaban J connectivity index is 1.43. The van der Waals surface area contributed by atoms with Gasteiger partial charge in [-0.15, -0.1) is 0 Å². The van der Waals surface area contributed by atoms with E-state index in [-0.39, 0.29) is 42.5 Å². The topological polar surface area (TPSA) is 66.5 Å². The van der Waals surface area contributed by atoms with Gasteiger partial charge in [0.1, 0.15) is 0 Å². The van der Waals surface area contributed by atoms with E-state index in [2.05, 4.69) is 5.32 Å². The highest BCUT2D eigenvalue weighted by Crippen LogP contribution is 2.35. The molecule has 2 atom stereocenters. The Kier molecular flexibility index (Phi) is 5.13. The summed E-state index contributed by atoms with van der Waals surface area (Å²) < 4.78 is 0. The highest BCUT2D eigenvalue weighted by Gasteiger charge is 2.46. The number of hydrogen-bond donors (Lipinski definition) is 1. The lowest BCUT2D eigenvalue weighted by Gasteiger charge is -2.22. The number of allylic oxidation sites excluding steroid dienone is 2. The van der Waals surface area contributed by atoms with E-state index in [4.69, 9.17) is 0 Å². The third-order valence-electron chi connectivity index (χ3n) is 5.47. The van der Waals surface area contributed by atoms with E-state index < -0.39 is 0 Å². The summed E-state index contributed by atoms with van der Waals surface area (Å²) in [6, 6.07) is 0. The van der Waals surface area contributed by atoms with Gasteiger partial charge < -0.3 is 5.32 Å². The summed E-state index contributed by atoms with van der Waals surface area (Å²) in [6.07, 6.45) is 11.7. The van der Waals surface area contributed by atoms with Crippen LogP contribution in [0.15, 0.2) is 12.2 Å². The molecule has 3 amide bonds. The molecule has 5 heteroatoms. The van der Waals surface area contributed by atoms with Crippen molar-refractivity contribution in [2.75, 3.05) is 13.1 Å². The number of nitrogens with one attached hydrogen (secondary N) is 1. The maximum absolute atomic E-state index is 12.3. The number of carbonyl (C=O) groups is 3. The van der Waals surface area contributed by atoms with E-state index in [0.29, 0.717) is 18.8 Å². The average molecular weight is 318 g/mol. The van der Waals surface area contributed by atoms with Gasteiger partial charge in [0.25, 0.3) is 0 Å². The van der Waals surface area contributed by atoms with Gasteiger partial charge in [0.2, 0.25) is 17.7 Å². The van der Waals surface area contributed by atoms with E-state index in [0.717, 1.165) is 6.54 Å². The van der Waals surface area contributed by atoms with E-state index in [1.807, 2.05) is 12.2 Å². The molecule has 3 aliphatic rings. The van der Waals surface area contributed by atoms with Crippen molar-refractivity contribution < 1.29 is 14.4 Å². The van der Waals surface area contributed by atoms with E-state index in [9.17, 15) is 14.4 Å².